The van der Waals surface area contributed by atoms with E-state index < -0.39 is 0 Å². The molecule has 0 aliphatic rings. The van der Waals surface area contributed by atoms with Gasteiger partial charge in [-0.1, -0.05) is 15.9 Å². The highest BCUT2D eigenvalue weighted by Gasteiger charge is 2.18. The van der Waals surface area contributed by atoms with Gasteiger partial charge in [0, 0.05) is 15.6 Å². The molecule has 0 spiro atoms. The number of rotatable bonds is 7. The molecule has 10 heteroatoms. The van der Waals surface area contributed by atoms with E-state index in [1.54, 1.807) is 17.9 Å². The van der Waals surface area contributed by atoms with Gasteiger partial charge in [-0.05, 0) is 52.0 Å². The van der Waals surface area contributed by atoms with Crippen LogP contribution in [0.1, 0.15) is 32.2 Å². The van der Waals surface area contributed by atoms with E-state index >= 15 is 0 Å². The molecule has 0 fully saturated rings. The van der Waals surface area contributed by atoms with Crippen LogP contribution in [0, 0.1) is 11.7 Å². The van der Waals surface area contributed by atoms with Crippen molar-refractivity contribution < 1.29 is 14.3 Å². The molecule has 2 rings (SSSR count). The van der Waals surface area contributed by atoms with Gasteiger partial charge in [0.05, 0.1) is 13.7 Å². The molecule has 148 valence electrons. The van der Waals surface area contributed by atoms with Crippen molar-refractivity contribution in [2.24, 2.45) is 0 Å². The van der Waals surface area contributed by atoms with E-state index in [0.29, 0.717) is 28.6 Å². The third kappa shape index (κ3) is 5.70. The lowest BCUT2D eigenvalue weighted by molar-refractivity contribution is -0.124. The van der Waals surface area contributed by atoms with Gasteiger partial charge < -0.3 is 20.2 Å². The second kappa shape index (κ2) is 8.75. The zero-order valence-electron chi connectivity index (χ0n) is 16.0. The van der Waals surface area contributed by atoms with Crippen LogP contribution in [0.15, 0.2) is 16.6 Å². The number of aryl methyl sites for hydroxylation is 1. The van der Waals surface area contributed by atoms with Crippen molar-refractivity contribution in [3.05, 3.63) is 32.8 Å². The third-order valence-electron chi connectivity index (χ3n) is 3.50. The largest absolute Gasteiger partial charge is 0.493 e. The van der Waals surface area contributed by atoms with Gasteiger partial charge in [0.2, 0.25) is 4.77 Å². The topological polar surface area (TPSA) is 93.2 Å². The quantitative estimate of drug-likeness (QED) is 0.553. The van der Waals surface area contributed by atoms with Crippen LogP contribution in [-0.2, 0) is 11.3 Å². The van der Waals surface area contributed by atoms with Crippen LogP contribution in [0.3, 0.4) is 0 Å². The van der Waals surface area contributed by atoms with Gasteiger partial charge in [0.15, 0.2) is 18.1 Å². The fraction of sp³-hybridized carbons (Fsp3) is 0.471. The SMILES string of the molecule is COc1ccc(Br)c(CNn2c(C)n[nH]c2=S)c1OCC(=O)NC(C)(C)C. The predicted octanol–water partition coefficient (Wildman–Crippen LogP) is 3.06. The molecule has 0 unspecified atom stereocenters. The molecule has 1 aromatic heterocycles. The zero-order valence-corrected chi connectivity index (χ0v) is 18.4. The molecule has 1 heterocycles. The Kier molecular flexibility index (Phi) is 6.88. The number of hydrogen-bond donors (Lipinski definition) is 3. The lowest BCUT2D eigenvalue weighted by atomic mass is 10.1. The van der Waals surface area contributed by atoms with Crippen molar-refractivity contribution in [1.29, 1.82) is 0 Å². The third-order valence-corrected chi connectivity index (χ3v) is 4.52. The first-order valence-corrected chi connectivity index (χ1v) is 9.49. The normalized spacial score (nSPS) is 11.2. The summed E-state index contributed by atoms with van der Waals surface area (Å²) in [6.07, 6.45) is 0. The minimum Gasteiger partial charge on any atom is -0.493 e. The van der Waals surface area contributed by atoms with E-state index in [1.807, 2.05) is 33.8 Å². The van der Waals surface area contributed by atoms with Crippen molar-refractivity contribution >= 4 is 34.1 Å². The maximum absolute atomic E-state index is 12.1. The summed E-state index contributed by atoms with van der Waals surface area (Å²) in [6.45, 7) is 7.82. The number of halogens is 1. The minimum absolute atomic E-state index is 0.124. The van der Waals surface area contributed by atoms with Crippen molar-refractivity contribution in [3.63, 3.8) is 0 Å². The average Bonchev–Trinajstić information content (AvgIpc) is 2.89. The highest BCUT2D eigenvalue weighted by atomic mass is 79.9. The van der Waals surface area contributed by atoms with E-state index in [0.717, 1.165) is 10.0 Å². The number of aromatic amines is 1. The summed E-state index contributed by atoms with van der Waals surface area (Å²) in [5, 5.41) is 9.65. The lowest BCUT2D eigenvalue weighted by Crippen LogP contribution is -2.43. The van der Waals surface area contributed by atoms with E-state index in [-0.39, 0.29) is 18.1 Å². The van der Waals surface area contributed by atoms with Crippen LogP contribution in [0.2, 0.25) is 0 Å². The minimum atomic E-state index is -0.332. The first-order chi connectivity index (χ1) is 12.6. The molecule has 8 nitrogen and oxygen atoms in total. The smallest absolute Gasteiger partial charge is 0.258 e. The standard InChI is InChI=1S/C17H24BrN5O3S/c1-10-21-22-16(27)23(10)19-8-11-12(18)6-7-13(25-5)15(11)26-9-14(24)20-17(2,3)4/h6-7,19H,8-9H2,1-5H3,(H,20,24)(H,22,27). The molecular weight excluding hydrogens is 434 g/mol. The monoisotopic (exact) mass is 457 g/mol. The molecule has 0 aliphatic carbocycles. The number of hydrogen-bond acceptors (Lipinski definition) is 6. The van der Waals surface area contributed by atoms with Crippen LogP contribution in [0.4, 0.5) is 0 Å². The maximum atomic E-state index is 12.1. The molecule has 0 radical (unpaired) electrons. The molecule has 0 bridgehead atoms. The van der Waals surface area contributed by atoms with Crippen LogP contribution >= 0.6 is 28.1 Å². The molecule has 0 saturated heterocycles. The average molecular weight is 458 g/mol. The number of carbonyl (C=O) groups excluding carboxylic acids is 1. The molecule has 2 aromatic rings. The van der Waals surface area contributed by atoms with Crippen molar-refractivity contribution in [2.45, 2.75) is 39.8 Å². The van der Waals surface area contributed by atoms with Gasteiger partial charge in [-0.15, -0.1) is 0 Å². The van der Waals surface area contributed by atoms with Crippen LogP contribution in [0.5, 0.6) is 11.5 Å². The predicted molar refractivity (Wildman–Crippen MR) is 109 cm³/mol. The number of amides is 1. The van der Waals surface area contributed by atoms with Crippen molar-refractivity contribution in [2.75, 3.05) is 19.1 Å². The summed E-state index contributed by atoms with van der Waals surface area (Å²) in [6, 6.07) is 3.64. The van der Waals surface area contributed by atoms with Gasteiger partial charge in [-0.3, -0.25) is 9.89 Å². The number of methoxy groups -OCH3 is 1. The van der Waals surface area contributed by atoms with Gasteiger partial charge in [-0.2, -0.15) is 5.10 Å². The first kappa shape index (κ1) is 21.2. The number of H-pyrrole nitrogens is 1. The van der Waals surface area contributed by atoms with E-state index in [2.05, 4.69) is 36.9 Å². The molecular formula is C17H24BrN5O3S. The Labute approximate surface area is 171 Å². The molecule has 0 aliphatic heterocycles. The Morgan fingerprint density at radius 2 is 2.11 bits per heavy atom. The van der Waals surface area contributed by atoms with E-state index in [1.165, 1.54) is 0 Å². The lowest BCUT2D eigenvalue weighted by Gasteiger charge is -2.22. The molecule has 0 saturated carbocycles. The Morgan fingerprint density at radius 3 is 2.67 bits per heavy atom. The van der Waals surface area contributed by atoms with Crippen LogP contribution < -0.4 is 20.2 Å². The van der Waals surface area contributed by atoms with Crippen LogP contribution in [0.25, 0.3) is 0 Å². The Hall–Kier alpha value is -2.07. The van der Waals surface area contributed by atoms with Gasteiger partial charge in [-0.25, -0.2) is 4.68 Å². The maximum Gasteiger partial charge on any atom is 0.258 e. The number of aromatic nitrogens is 3. The van der Waals surface area contributed by atoms with Crippen LogP contribution in [-0.4, -0.2) is 40.0 Å². The fourth-order valence-corrected chi connectivity index (χ4v) is 3.07. The molecule has 1 amide bonds. The number of carbonyl (C=O) groups is 1. The van der Waals surface area contributed by atoms with Gasteiger partial charge in [0.1, 0.15) is 5.82 Å². The second-order valence-corrected chi connectivity index (χ2v) is 8.13. The van der Waals surface area contributed by atoms with Crippen molar-refractivity contribution in [1.82, 2.24) is 20.2 Å². The number of ether oxygens (including phenoxy) is 2. The Bertz CT molecular complexity index is 872. The fourth-order valence-electron chi connectivity index (χ4n) is 2.38. The summed E-state index contributed by atoms with van der Waals surface area (Å²) in [7, 11) is 1.55. The van der Waals surface area contributed by atoms with E-state index in [9.17, 15) is 4.79 Å². The van der Waals surface area contributed by atoms with Gasteiger partial charge in [0.25, 0.3) is 5.91 Å². The summed E-state index contributed by atoms with van der Waals surface area (Å²) < 4.78 is 14.2. The highest BCUT2D eigenvalue weighted by Crippen LogP contribution is 2.36. The van der Waals surface area contributed by atoms with E-state index in [4.69, 9.17) is 21.7 Å². The highest BCUT2D eigenvalue weighted by molar-refractivity contribution is 9.10. The summed E-state index contributed by atoms with van der Waals surface area (Å²) in [5.74, 6) is 1.50. The summed E-state index contributed by atoms with van der Waals surface area (Å²) in [5.41, 5.74) is 3.65. The second-order valence-electron chi connectivity index (χ2n) is 6.89. The molecule has 27 heavy (non-hydrogen) atoms. The van der Waals surface area contributed by atoms with Gasteiger partial charge >= 0.3 is 0 Å². The number of nitrogens with one attached hydrogen (secondary N) is 3. The number of nitrogens with zero attached hydrogens (tertiary/aromatic N) is 2. The van der Waals surface area contributed by atoms with Crippen molar-refractivity contribution in [3.8, 4) is 11.5 Å². The molecule has 0 atom stereocenters. The Balaban J connectivity index is 2.23. The first-order valence-electron chi connectivity index (χ1n) is 8.29. The molecule has 3 N–H and O–H groups in total. The number of benzene rings is 1. The molecule has 1 aromatic carbocycles. The summed E-state index contributed by atoms with van der Waals surface area (Å²) >= 11 is 8.73. The zero-order chi connectivity index (χ0) is 20.2. The summed E-state index contributed by atoms with van der Waals surface area (Å²) in [4.78, 5) is 12.1. The Morgan fingerprint density at radius 1 is 1.41 bits per heavy atom.